The van der Waals surface area contributed by atoms with Crippen LogP contribution in [0.1, 0.15) is 22.8 Å². The van der Waals surface area contributed by atoms with E-state index in [9.17, 15) is 4.79 Å². The molecule has 2 aromatic carbocycles. The number of carbonyl (C=O) groups is 1. The highest BCUT2D eigenvalue weighted by Gasteiger charge is 2.13. The summed E-state index contributed by atoms with van der Waals surface area (Å²) in [5, 5.41) is 3.89. The van der Waals surface area contributed by atoms with Gasteiger partial charge in [-0.25, -0.2) is 0 Å². The van der Waals surface area contributed by atoms with Crippen molar-refractivity contribution in [2.45, 2.75) is 19.6 Å². The van der Waals surface area contributed by atoms with Crippen molar-refractivity contribution in [3.63, 3.8) is 0 Å². The van der Waals surface area contributed by atoms with Crippen LogP contribution in [-0.2, 0) is 6.61 Å². The van der Waals surface area contributed by atoms with Gasteiger partial charge in [0.05, 0.1) is 7.11 Å². The van der Waals surface area contributed by atoms with E-state index in [1.54, 1.807) is 36.4 Å². The highest BCUT2D eigenvalue weighted by molar-refractivity contribution is 6.35. The number of carbonyl (C=O) groups excluding carboxylic acids is 1. The number of benzene rings is 2. The summed E-state index contributed by atoms with van der Waals surface area (Å²) >= 11 is 12.0. The number of nitrogens with one attached hydrogen (secondary N) is 1. The number of rotatable bonds is 7. The maximum Gasteiger partial charge on any atom is 0.251 e. The highest BCUT2D eigenvalue weighted by atomic mass is 35.5. The van der Waals surface area contributed by atoms with Crippen molar-refractivity contribution in [2.24, 2.45) is 5.73 Å². The molecule has 8 heteroatoms. The van der Waals surface area contributed by atoms with Gasteiger partial charge in [-0.2, -0.15) is 0 Å². The van der Waals surface area contributed by atoms with Crippen molar-refractivity contribution >= 4 is 41.5 Å². The second kappa shape index (κ2) is 10.5. The van der Waals surface area contributed by atoms with E-state index in [1.807, 2.05) is 6.92 Å². The van der Waals surface area contributed by atoms with Gasteiger partial charge in [0.15, 0.2) is 11.5 Å². The van der Waals surface area contributed by atoms with Crippen LogP contribution < -0.4 is 20.5 Å². The van der Waals surface area contributed by atoms with Gasteiger partial charge in [-0.05, 0) is 37.3 Å². The molecule has 26 heavy (non-hydrogen) atoms. The number of hydrogen-bond acceptors (Lipinski definition) is 4. The molecular formula is C18H21Cl3N2O3. The second-order valence-corrected chi connectivity index (χ2v) is 6.34. The second-order valence-electron chi connectivity index (χ2n) is 5.50. The van der Waals surface area contributed by atoms with Gasteiger partial charge in [-0.15, -0.1) is 12.4 Å². The summed E-state index contributed by atoms with van der Waals surface area (Å²) in [6.07, 6.45) is 0. The molecule has 0 unspecified atom stereocenters. The number of ether oxygens (including phenoxy) is 2. The number of methoxy groups -OCH3 is 1. The molecule has 1 atom stereocenters. The Hall–Kier alpha value is -1.66. The fraction of sp³-hybridized carbons (Fsp3) is 0.278. The summed E-state index contributed by atoms with van der Waals surface area (Å²) in [4.78, 5) is 12.2. The quantitative estimate of drug-likeness (QED) is 0.709. The van der Waals surface area contributed by atoms with E-state index < -0.39 is 0 Å². The monoisotopic (exact) mass is 418 g/mol. The first-order chi connectivity index (χ1) is 11.9. The average Bonchev–Trinajstić information content (AvgIpc) is 2.60. The lowest BCUT2D eigenvalue weighted by Crippen LogP contribution is -2.37. The maximum atomic E-state index is 12.2. The van der Waals surface area contributed by atoms with Gasteiger partial charge < -0.3 is 20.5 Å². The molecule has 0 fully saturated rings. The first-order valence-corrected chi connectivity index (χ1v) is 8.46. The largest absolute Gasteiger partial charge is 0.493 e. The lowest BCUT2D eigenvalue weighted by atomic mass is 10.1. The molecule has 0 radical (unpaired) electrons. The number of halogens is 3. The third-order valence-corrected chi connectivity index (χ3v) is 4.14. The number of amides is 1. The van der Waals surface area contributed by atoms with Gasteiger partial charge in [0.1, 0.15) is 6.61 Å². The molecule has 0 saturated heterocycles. The summed E-state index contributed by atoms with van der Waals surface area (Å²) in [7, 11) is 1.52. The minimum absolute atomic E-state index is 0. The molecule has 1 amide bonds. The minimum atomic E-state index is -0.219. The van der Waals surface area contributed by atoms with E-state index in [4.69, 9.17) is 38.4 Å². The van der Waals surface area contributed by atoms with Gasteiger partial charge >= 0.3 is 0 Å². The van der Waals surface area contributed by atoms with Crippen LogP contribution in [0.25, 0.3) is 0 Å². The Morgan fingerprint density at radius 3 is 2.54 bits per heavy atom. The lowest BCUT2D eigenvalue weighted by Gasteiger charge is -2.14. The zero-order valence-corrected chi connectivity index (χ0v) is 16.8. The molecule has 2 rings (SSSR count). The van der Waals surface area contributed by atoms with Crippen LogP contribution >= 0.6 is 35.6 Å². The molecule has 0 aliphatic rings. The Morgan fingerprint density at radius 2 is 1.92 bits per heavy atom. The van der Waals surface area contributed by atoms with Crippen LogP contribution in [0.2, 0.25) is 10.0 Å². The fourth-order valence-corrected chi connectivity index (χ4v) is 2.55. The first kappa shape index (κ1) is 22.4. The van der Waals surface area contributed by atoms with Crippen LogP contribution in [0.3, 0.4) is 0 Å². The molecule has 0 spiro atoms. The predicted molar refractivity (Wildman–Crippen MR) is 107 cm³/mol. The first-order valence-electron chi connectivity index (χ1n) is 7.70. The molecule has 5 nitrogen and oxygen atoms in total. The Morgan fingerprint density at radius 1 is 1.19 bits per heavy atom. The van der Waals surface area contributed by atoms with Crippen LogP contribution in [0, 0.1) is 0 Å². The smallest absolute Gasteiger partial charge is 0.251 e. The van der Waals surface area contributed by atoms with Gasteiger partial charge in [0.2, 0.25) is 0 Å². The van der Waals surface area contributed by atoms with Crippen molar-refractivity contribution in [3.05, 3.63) is 57.6 Å². The van der Waals surface area contributed by atoms with Crippen LogP contribution in [0.15, 0.2) is 36.4 Å². The highest BCUT2D eigenvalue weighted by Crippen LogP contribution is 2.30. The summed E-state index contributed by atoms with van der Waals surface area (Å²) in [6.45, 7) is 2.45. The van der Waals surface area contributed by atoms with Crippen molar-refractivity contribution in [2.75, 3.05) is 13.7 Å². The fourth-order valence-electron chi connectivity index (χ4n) is 2.09. The normalized spacial score (nSPS) is 11.3. The van der Waals surface area contributed by atoms with E-state index in [0.717, 1.165) is 5.56 Å². The maximum absolute atomic E-state index is 12.2. The van der Waals surface area contributed by atoms with E-state index in [2.05, 4.69) is 5.32 Å². The molecular weight excluding hydrogens is 399 g/mol. The van der Waals surface area contributed by atoms with E-state index >= 15 is 0 Å². The third-order valence-electron chi connectivity index (χ3n) is 3.56. The lowest BCUT2D eigenvalue weighted by molar-refractivity contribution is 0.0941. The van der Waals surface area contributed by atoms with Crippen LogP contribution in [-0.4, -0.2) is 25.6 Å². The standard InChI is InChI=1S/C18H20Cl2N2O3.ClH/c1-11(9-21)22-18(23)12-4-6-16(17(7-12)24-2)25-10-13-3-5-14(19)8-15(13)20;/h3-8,11H,9-10,21H2,1-2H3,(H,22,23);1H/t11-;/m0./s1. The summed E-state index contributed by atoms with van der Waals surface area (Å²) in [5.41, 5.74) is 6.78. The molecule has 0 aliphatic heterocycles. The molecule has 142 valence electrons. The SMILES string of the molecule is COc1cc(C(=O)N[C@@H](C)CN)ccc1OCc1ccc(Cl)cc1Cl.Cl. The molecule has 0 aliphatic carbocycles. The number of hydrogen-bond donors (Lipinski definition) is 2. The number of nitrogens with two attached hydrogens (primary N) is 1. The Bertz CT molecular complexity index is 756. The van der Waals surface area contributed by atoms with Gasteiger partial charge in [0, 0.05) is 33.8 Å². The van der Waals surface area contributed by atoms with Gasteiger partial charge in [-0.3, -0.25) is 4.79 Å². The summed E-state index contributed by atoms with van der Waals surface area (Å²) < 4.78 is 11.1. The van der Waals surface area contributed by atoms with Crippen molar-refractivity contribution in [1.29, 1.82) is 0 Å². The zero-order valence-electron chi connectivity index (χ0n) is 14.4. The van der Waals surface area contributed by atoms with Crippen molar-refractivity contribution in [1.82, 2.24) is 5.32 Å². The summed E-state index contributed by atoms with van der Waals surface area (Å²) in [5.74, 6) is 0.749. The topological polar surface area (TPSA) is 73.6 Å². The van der Waals surface area contributed by atoms with Crippen molar-refractivity contribution in [3.8, 4) is 11.5 Å². The molecule has 0 bridgehead atoms. The average molecular weight is 420 g/mol. The van der Waals surface area contributed by atoms with Crippen LogP contribution in [0.5, 0.6) is 11.5 Å². The summed E-state index contributed by atoms with van der Waals surface area (Å²) in [6, 6.07) is 10.1. The minimum Gasteiger partial charge on any atom is -0.493 e. The molecule has 0 heterocycles. The van der Waals surface area contributed by atoms with E-state index in [-0.39, 0.29) is 31.0 Å². The molecule has 0 saturated carbocycles. The molecule has 3 N–H and O–H groups in total. The van der Waals surface area contributed by atoms with Crippen LogP contribution in [0.4, 0.5) is 0 Å². The Balaban J connectivity index is 0.00000338. The third kappa shape index (κ3) is 5.95. The molecule has 2 aromatic rings. The van der Waals surface area contributed by atoms with Gasteiger partial charge in [0.25, 0.3) is 5.91 Å². The van der Waals surface area contributed by atoms with Crippen molar-refractivity contribution < 1.29 is 14.3 Å². The Labute approximate surface area is 169 Å². The molecule has 0 aromatic heterocycles. The van der Waals surface area contributed by atoms with E-state index in [1.165, 1.54) is 7.11 Å². The predicted octanol–water partition coefficient (Wildman–Crippen LogP) is 4.08. The Kier molecular flexibility index (Phi) is 9.02. The van der Waals surface area contributed by atoms with E-state index in [0.29, 0.717) is 33.7 Å². The zero-order chi connectivity index (χ0) is 18.4. The van der Waals surface area contributed by atoms with Gasteiger partial charge in [-0.1, -0.05) is 29.3 Å².